The molecular weight excluding hydrogens is 230 g/mol. The summed E-state index contributed by atoms with van der Waals surface area (Å²) in [4.78, 5) is 0. The smallest absolute Gasteiger partial charge is 0.0935 e. The maximum Gasteiger partial charge on any atom is 0.0935 e. The molecule has 0 aromatic rings. The highest BCUT2D eigenvalue weighted by Gasteiger charge is 2.43. The minimum Gasteiger partial charge on any atom is -0.319 e. The maximum absolute atomic E-state index is 2.55. The van der Waals surface area contributed by atoms with Gasteiger partial charge in [0.15, 0.2) is 0 Å². The van der Waals surface area contributed by atoms with Gasteiger partial charge in [-0.1, -0.05) is 39.5 Å². The standard InChI is InChI=1S/C18H38N/c1-5-7-8-9-11-14-18(3,4)19(15-6-2)16-12-10-13-17-19/h5-17H2,1-4H3/q+1. The molecule has 0 N–H and O–H groups in total. The van der Waals surface area contributed by atoms with E-state index in [1.54, 1.807) is 0 Å². The average molecular weight is 269 g/mol. The fourth-order valence-corrected chi connectivity index (χ4v) is 4.08. The maximum atomic E-state index is 2.55. The molecule has 0 spiro atoms. The van der Waals surface area contributed by atoms with E-state index in [0.29, 0.717) is 5.54 Å². The summed E-state index contributed by atoms with van der Waals surface area (Å²) in [5.41, 5.74) is 0.503. The molecule has 0 aromatic carbocycles. The van der Waals surface area contributed by atoms with Crippen LogP contribution in [0.1, 0.15) is 91.9 Å². The topological polar surface area (TPSA) is 0 Å². The molecule has 0 amide bonds. The van der Waals surface area contributed by atoms with Crippen molar-refractivity contribution in [3.63, 3.8) is 0 Å². The van der Waals surface area contributed by atoms with E-state index < -0.39 is 0 Å². The fraction of sp³-hybridized carbons (Fsp3) is 1.00. The summed E-state index contributed by atoms with van der Waals surface area (Å²) in [6, 6.07) is 0. The van der Waals surface area contributed by atoms with Gasteiger partial charge in [0.1, 0.15) is 0 Å². The lowest BCUT2D eigenvalue weighted by atomic mass is 9.87. The lowest BCUT2D eigenvalue weighted by Gasteiger charge is -2.53. The number of hydrogen-bond acceptors (Lipinski definition) is 0. The van der Waals surface area contributed by atoms with Gasteiger partial charge in [0.25, 0.3) is 0 Å². The summed E-state index contributed by atoms with van der Waals surface area (Å²) in [5, 5.41) is 0. The molecule has 1 nitrogen and oxygen atoms in total. The monoisotopic (exact) mass is 268 g/mol. The van der Waals surface area contributed by atoms with Crippen LogP contribution in [0.5, 0.6) is 0 Å². The highest BCUT2D eigenvalue weighted by molar-refractivity contribution is 4.74. The molecule has 0 unspecified atom stereocenters. The summed E-state index contributed by atoms with van der Waals surface area (Å²) in [7, 11) is 0. The van der Waals surface area contributed by atoms with Crippen LogP contribution in [-0.2, 0) is 0 Å². The van der Waals surface area contributed by atoms with E-state index in [1.807, 2.05) is 0 Å². The molecule has 0 atom stereocenters. The van der Waals surface area contributed by atoms with Gasteiger partial charge in [-0.05, 0) is 46.0 Å². The Morgan fingerprint density at radius 2 is 1.42 bits per heavy atom. The summed E-state index contributed by atoms with van der Waals surface area (Å²) >= 11 is 0. The van der Waals surface area contributed by atoms with Gasteiger partial charge in [0, 0.05) is 6.42 Å². The molecule has 0 bridgehead atoms. The van der Waals surface area contributed by atoms with E-state index in [4.69, 9.17) is 0 Å². The number of likely N-dealkylation sites (tertiary alicyclic amines) is 1. The lowest BCUT2D eigenvalue weighted by Crippen LogP contribution is -2.64. The summed E-state index contributed by atoms with van der Waals surface area (Å²) in [5.74, 6) is 0. The van der Waals surface area contributed by atoms with Crippen molar-refractivity contribution in [3.8, 4) is 0 Å². The summed E-state index contributed by atoms with van der Waals surface area (Å²) in [6.45, 7) is 14.1. The highest BCUT2D eigenvalue weighted by Crippen LogP contribution is 2.34. The number of unbranched alkanes of at least 4 members (excludes halogenated alkanes) is 4. The van der Waals surface area contributed by atoms with Gasteiger partial charge in [-0.25, -0.2) is 0 Å². The quantitative estimate of drug-likeness (QED) is 0.380. The first-order chi connectivity index (χ1) is 9.08. The number of rotatable bonds is 9. The number of piperidine rings is 1. The van der Waals surface area contributed by atoms with Crippen molar-refractivity contribution in [2.45, 2.75) is 97.4 Å². The summed E-state index contributed by atoms with van der Waals surface area (Å²) in [6.07, 6.45) is 14.3. The van der Waals surface area contributed by atoms with E-state index >= 15 is 0 Å². The van der Waals surface area contributed by atoms with Crippen molar-refractivity contribution in [1.29, 1.82) is 0 Å². The van der Waals surface area contributed by atoms with Crippen molar-refractivity contribution < 1.29 is 4.48 Å². The van der Waals surface area contributed by atoms with Crippen LogP contribution < -0.4 is 0 Å². The third-order valence-corrected chi connectivity index (χ3v) is 5.50. The molecular formula is C18H38N+. The molecule has 1 rings (SSSR count). The van der Waals surface area contributed by atoms with Crippen LogP contribution in [0, 0.1) is 0 Å². The van der Waals surface area contributed by atoms with Gasteiger partial charge in [0.05, 0.1) is 25.2 Å². The second-order valence-electron chi connectivity index (χ2n) is 7.35. The molecule has 114 valence electrons. The highest BCUT2D eigenvalue weighted by atomic mass is 15.4. The minimum atomic E-state index is 0.503. The second-order valence-corrected chi connectivity index (χ2v) is 7.35. The zero-order valence-electron chi connectivity index (χ0n) is 14.1. The van der Waals surface area contributed by atoms with E-state index in [9.17, 15) is 0 Å². The van der Waals surface area contributed by atoms with Crippen LogP contribution >= 0.6 is 0 Å². The first-order valence-electron chi connectivity index (χ1n) is 8.94. The van der Waals surface area contributed by atoms with Crippen molar-refractivity contribution in [3.05, 3.63) is 0 Å². The Balaban J connectivity index is 2.50. The fourth-order valence-electron chi connectivity index (χ4n) is 4.08. The third kappa shape index (κ3) is 4.77. The molecule has 0 aliphatic carbocycles. The van der Waals surface area contributed by atoms with Crippen LogP contribution in [0.2, 0.25) is 0 Å². The lowest BCUT2D eigenvalue weighted by molar-refractivity contribution is -0.977. The molecule has 1 heterocycles. The Bertz CT molecular complexity index is 220. The Morgan fingerprint density at radius 3 is 2.00 bits per heavy atom. The third-order valence-electron chi connectivity index (χ3n) is 5.50. The molecule has 1 heteroatoms. The molecule has 1 aliphatic rings. The average Bonchev–Trinajstić information content (AvgIpc) is 2.40. The molecule has 0 radical (unpaired) electrons. The molecule has 1 fully saturated rings. The van der Waals surface area contributed by atoms with Crippen LogP contribution in [0.4, 0.5) is 0 Å². The van der Waals surface area contributed by atoms with Crippen LogP contribution in [0.15, 0.2) is 0 Å². The largest absolute Gasteiger partial charge is 0.319 e. The Kier molecular flexibility index (Phi) is 7.42. The van der Waals surface area contributed by atoms with E-state index in [0.717, 1.165) is 0 Å². The molecule has 0 aromatic heterocycles. The first kappa shape index (κ1) is 17.0. The van der Waals surface area contributed by atoms with Gasteiger partial charge in [0.2, 0.25) is 0 Å². The Hall–Kier alpha value is -0.0400. The van der Waals surface area contributed by atoms with Gasteiger partial charge >= 0.3 is 0 Å². The van der Waals surface area contributed by atoms with Crippen molar-refractivity contribution in [1.82, 2.24) is 0 Å². The molecule has 19 heavy (non-hydrogen) atoms. The molecule has 0 saturated carbocycles. The van der Waals surface area contributed by atoms with Crippen molar-refractivity contribution in [2.75, 3.05) is 19.6 Å². The van der Waals surface area contributed by atoms with E-state index in [1.165, 1.54) is 88.3 Å². The predicted molar refractivity (Wildman–Crippen MR) is 86.5 cm³/mol. The van der Waals surface area contributed by atoms with Gasteiger partial charge < -0.3 is 4.48 Å². The Labute approximate surface area is 122 Å². The molecule has 1 aliphatic heterocycles. The van der Waals surface area contributed by atoms with Gasteiger partial charge in [-0.3, -0.25) is 0 Å². The number of nitrogens with zero attached hydrogens (tertiary/aromatic N) is 1. The molecule has 1 saturated heterocycles. The zero-order valence-corrected chi connectivity index (χ0v) is 14.1. The minimum absolute atomic E-state index is 0.503. The first-order valence-corrected chi connectivity index (χ1v) is 8.94. The Morgan fingerprint density at radius 1 is 0.789 bits per heavy atom. The van der Waals surface area contributed by atoms with E-state index in [-0.39, 0.29) is 0 Å². The van der Waals surface area contributed by atoms with E-state index in [2.05, 4.69) is 27.7 Å². The van der Waals surface area contributed by atoms with Crippen LogP contribution in [-0.4, -0.2) is 29.7 Å². The predicted octanol–water partition coefficient (Wildman–Crippen LogP) is 5.54. The van der Waals surface area contributed by atoms with Crippen LogP contribution in [0.25, 0.3) is 0 Å². The van der Waals surface area contributed by atoms with Crippen molar-refractivity contribution in [2.24, 2.45) is 0 Å². The van der Waals surface area contributed by atoms with Gasteiger partial charge in [-0.15, -0.1) is 0 Å². The van der Waals surface area contributed by atoms with Crippen LogP contribution in [0.3, 0.4) is 0 Å². The normalized spacial score (nSPS) is 19.6. The summed E-state index contributed by atoms with van der Waals surface area (Å²) < 4.78 is 1.41. The van der Waals surface area contributed by atoms with Crippen molar-refractivity contribution >= 4 is 0 Å². The zero-order chi connectivity index (χ0) is 14.2. The second kappa shape index (κ2) is 8.29. The SMILES string of the molecule is CCCCCCCC(C)(C)[N+]1(CCC)CCCCC1. The number of quaternary nitrogens is 1. The number of hydrogen-bond donors (Lipinski definition) is 0. The van der Waals surface area contributed by atoms with Gasteiger partial charge in [-0.2, -0.15) is 0 Å².